The molecule has 2 unspecified atom stereocenters. The molecule has 0 spiro atoms. The summed E-state index contributed by atoms with van der Waals surface area (Å²) in [6, 6.07) is 0.512. The van der Waals surface area contributed by atoms with E-state index in [1.807, 2.05) is 0 Å². The fourth-order valence-corrected chi connectivity index (χ4v) is 2.74. The van der Waals surface area contributed by atoms with E-state index in [2.05, 4.69) is 58.0 Å². The van der Waals surface area contributed by atoms with Crippen molar-refractivity contribution in [2.24, 2.45) is 5.92 Å². The molecule has 1 N–H and O–H groups in total. The van der Waals surface area contributed by atoms with E-state index in [-0.39, 0.29) is 5.28 Å². The lowest BCUT2D eigenvalue weighted by Crippen LogP contribution is -2.34. The third kappa shape index (κ3) is 3.49. The zero-order valence-corrected chi connectivity index (χ0v) is 13.4. The second-order valence-corrected chi connectivity index (χ2v) is 5.91. The summed E-state index contributed by atoms with van der Waals surface area (Å²) in [5.74, 6) is 1.80. The Morgan fingerprint density at radius 2 is 2.05 bits per heavy atom. The monoisotopic (exact) mass is 298 g/mol. The second kappa shape index (κ2) is 6.54. The molecular formula is C13H23ClN6. The maximum atomic E-state index is 6.00. The molecule has 1 aromatic rings. The zero-order chi connectivity index (χ0) is 14.7. The number of nitrogens with one attached hydrogen (secondary N) is 1. The summed E-state index contributed by atoms with van der Waals surface area (Å²) < 4.78 is 0. The average molecular weight is 299 g/mol. The van der Waals surface area contributed by atoms with Gasteiger partial charge in [-0.2, -0.15) is 15.0 Å². The van der Waals surface area contributed by atoms with E-state index in [0.717, 1.165) is 26.1 Å². The van der Waals surface area contributed by atoms with Gasteiger partial charge in [-0.3, -0.25) is 0 Å². The lowest BCUT2D eigenvalue weighted by Gasteiger charge is -2.22. The molecule has 7 heteroatoms. The minimum Gasteiger partial charge on any atom is -0.354 e. The van der Waals surface area contributed by atoms with Gasteiger partial charge in [-0.25, -0.2) is 0 Å². The third-order valence-corrected chi connectivity index (χ3v) is 3.82. The average Bonchev–Trinajstić information content (AvgIpc) is 2.78. The molecule has 112 valence electrons. The van der Waals surface area contributed by atoms with Crippen LogP contribution in [0.3, 0.4) is 0 Å². The molecule has 2 heterocycles. The van der Waals surface area contributed by atoms with Crippen LogP contribution < -0.4 is 10.2 Å². The first-order valence-electron chi connectivity index (χ1n) is 7.08. The molecule has 0 bridgehead atoms. The predicted octanol–water partition coefficient (Wildman–Crippen LogP) is 1.73. The summed E-state index contributed by atoms with van der Waals surface area (Å²) >= 11 is 6.00. The van der Waals surface area contributed by atoms with E-state index < -0.39 is 0 Å². The lowest BCUT2D eigenvalue weighted by atomic mass is 10.1. The first-order chi connectivity index (χ1) is 9.51. The molecule has 2 rings (SSSR count). The highest BCUT2D eigenvalue weighted by Gasteiger charge is 2.32. The van der Waals surface area contributed by atoms with Gasteiger partial charge >= 0.3 is 0 Å². The maximum Gasteiger partial charge on any atom is 0.231 e. The quantitative estimate of drug-likeness (QED) is 0.893. The van der Waals surface area contributed by atoms with Crippen LogP contribution in [0.5, 0.6) is 0 Å². The van der Waals surface area contributed by atoms with Crippen LogP contribution >= 0.6 is 11.6 Å². The van der Waals surface area contributed by atoms with Gasteiger partial charge in [0.2, 0.25) is 17.2 Å². The van der Waals surface area contributed by atoms with Gasteiger partial charge in [0, 0.05) is 25.7 Å². The van der Waals surface area contributed by atoms with E-state index in [4.69, 9.17) is 11.6 Å². The molecule has 0 aromatic carbocycles. The number of nitrogens with zero attached hydrogens (tertiary/aromatic N) is 5. The highest BCUT2D eigenvalue weighted by Crippen LogP contribution is 2.24. The smallest absolute Gasteiger partial charge is 0.231 e. The minimum absolute atomic E-state index is 0.245. The van der Waals surface area contributed by atoms with Crippen LogP contribution in [0.25, 0.3) is 0 Å². The van der Waals surface area contributed by atoms with Gasteiger partial charge in [0.25, 0.3) is 0 Å². The van der Waals surface area contributed by atoms with Gasteiger partial charge in [0.15, 0.2) is 0 Å². The van der Waals surface area contributed by atoms with Gasteiger partial charge in [0.05, 0.1) is 0 Å². The summed E-state index contributed by atoms with van der Waals surface area (Å²) in [7, 11) is 4.22. The standard InChI is InChI=1S/C13H23ClN6/c1-5-6-15-12-16-11(14)17-13(18-12)20-7-9(2)10(8-20)19(3)4/h9-10H,5-8H2,1-4H3,(H,15,16,17,18). The van der Waals surface area contributed by atoms with E-state index in [1.54, 1.807) is 0 Å². The molecule has 1 aliphatic heterocycles. The first kappa shape index (κ1) is 15.3. The number of likely N-dealkylation sites (N-methyl/N-ethyl adjacent to an activating group) is 1. The van der Waals surface area contributed by atoms with Crippen LogP contribution in [-0.4, -0.2) is 59.6 Å². The van der Waals surface area contributed by atoms with Crippen LogP contribution in [0.1, 0.15) is 20.3 Å². The maximum absolute atomic E-state index is 6.00. The highest BCUT2D eigenvalue weighted by molar-refractivity contribution is 6.28. The normalized spacial score (nSPS) is 22.6. The fraction of sp³-hybridized carbons (Fsp3) is 0.769. The Balaban J connectivity index is 2.14. The lowest BCUT2D eigenvalue weighted by molar-refractivity contribution is 0.266. The van der Waals surface area contributed by atoms with Crippen molar-refractivity contribution >= 4 is 23.5 Å². The molecule has 0 saturated carbocycles. The molecule has 6 nitrogen and oxygen atoms in total. The Morgan fingerprint density at radius 3 is 2.65 bits per heavy atom. The first-order valence-corrected chi connectivity index (χ1v) is 7.46. The topological polar surface area (TPSA) is 57.2 Å². The molecule has 0 amide bonds. The minimum atomic E-state index is 0.245. The molecule has 1 aliphatic rings. The Kier molecular flexibility index (Phi) is 4.99. The fourth-order valence-electron chi connectivity index (χ4n) is 2.58. The summed E-state index contributed by atoms with van der Waals surface area (Å²) in [6.45, 7) is 7.04. The number of rotatable bonds is 5. The van der Waals surface area contributed by atoms with Crippen LogP contribution in [0, 0.1) is 5.92 Å². The van der Waals surface area contributed by atoms with E-state index >= 15 is 0 Å². The predicted molar refractivity (Wildman–Crippen MR) is 82.5 cm³/mol. The number of aromatic nitrogens is 3. The summed E-state index contributed by atoms with van der Waals surface area (Å²) in [6.07, 6.45) is 1.02. The largest absolute Gasteiger partial charge is 0.354 e. The van der Waals surface area contributed by atoms with E-state index in [0.29, 0.717) is 23.9 Å². The number of hydrogen-bond acceptors (Lipinski definition) is 6. The van der Waals surface area contributed by atoms with Gasteiger partial charge in [-0.05, 0) is 38.0 Å². The molecule has 1 fully saturated rings. The Hall–Kier alpha value is -1.14. The molecule has 0 aliphatic carbocycles. The molecule has 1 aromatic heterocycles. The van der Waals surface area contributed by atoms with Gasteiger partial charge in [-0.1, -0.05) is 13.8 Å². The van der Waals surface area contributed by atoms with Crippen molar-refractivity contribution in [3.05, 3.63) is 5.28 Å². The summed E-state index contributed by atoms with van der Waals surface area (Å²) in [4.78, 5) is 17.3. The molecule has 0 radical (unpaired) electrons. The van der Waals surface area contributed by atoms with Crippen molar-refractivity contribution in [2.45, 2.75) is 26.3 Å². The van der Waals surface area contributed by atoms with Crippen molar-refractivity contribution in [1.82, 2.24) is 19.9 Å². The molecule has 1 saturated heterocycles. The molecule has 20 heavy (non-hydrogen) atoms. The van der Waals surface area contributed by atoms with Gasteiger partial charge in [0.1, 0.15) is 0 Å². The SMILES string of the molecule is CCCNc1nc(Cl)nc(N2CC(C)C(N(C)C)C2)n1. The van der Waals surface area contributed by atoms with E-state index in [1.165, 1.54) is 0 Å². The Bertz CT molecular complexity index is 452. The van der Waals surface area contributed by atoms with Crippen molar-refractivity contribution in [3.8, 4) is 0 Å². The Labute approximate surface area is 125 Å². The van der Waals surface area contributed by atoms with E-state index in [9.17, 15) is 0 Å². The third-order valence-electron chi connectivity index (χ3n) is 3.65. The van der Waals surface area contributed by atoms with Crippen LogP contribution in [0.15, 0.2) is 0 Å². The van der Waals surface area contributed by atoms with Crippen molar-refractivity contribution < 1.29 is 0 Å². The number of hydrogen-bond donors (Lipinski definition) is 1. The zero-order valence-electron chi connectivity index (χ0n) is 12.6. The van der Waals surface area contributed by atoms with Crippen molar-refractivity contribution in [2.75, 3.05) is 43.9 Å². The summed E-state index contributed by atoms with van der Waals surface area (Å²) in [5, 5.41) is 3.41. The number of halogens is 1. The second-order valence-electron chi connectivity index (χ2n) is 5.57. The van der Waals surface area contributed by atoms with Crippen molar-refractivity contribution in [3.63, 3.8) is 0 Å². The highest BCUT2D eigenvalue weighted by atomic mass is 35.5. The van der Waals surface area contributed by atoms with Crippen LogP contribution in [0.2, 0.25) is 5.28 Å². The van der Waals surface area contributed by atoms with Gasteiger partial charge < -0.3 is 15.1 Å². The summed E-state index contributed by atoms with van der Waals surface area (Å²) in [5.41, 5.74) is 0. The van der Waals surface area contributed by atoms with Gasteiger partial charge in [-0.15, -0.1) is 0 Å². The molecule has 2 atom stereocenters. The van der Waals surface area contributed by atoms with Crippen LogP contribution in [0.4, 0.5) is 11.9 Å². The van der Waals surface area contributed by atoms with Crippen molar-refractivity contribution in [1.29, 1.82) is 0 Å². The molecular weight excluding hydrogens is 276 g/mol. The van der Waals surface area contributed by atoms with Crippen LogP contribution in [-0.2, 0) is 0 Å². The number of anilines is 2. The Morgan fingerprint density at radius 1 is 1.30 bits per heavy atom.